The van der Waals surface area contributed by atoms with Gasteiger partial charge < -0.3 is 10.6 Å². The molecule has 0 bridgehead atoms. The SMILES string of the molecule is Cc1n[nH]c(C)c1NC(=O)c1cn(C2CCNCC2)nn1. The third kappa shape index (κ3) is 2.80. The van der Waals surface area contributed by atoms with Crippen molar-refractivity contribution in [2.45, 2.75) is 32.7 Å². The van der Waals surface area contributed by atoms with Crippen molar-refractivity contribution in [2.24, 2.45) is 0 Å². The fraction of sp³-hybridized carbons (Fsp3) is 0.538. The van der Waals surface area contributed by atoms with Crippen molar-refractivity contribution in [1.82, 2.24) is 30.5 Å². The number of amides is 1. The van der Waals surface area contributed by atoms with Crippen molar-refractivity contribution in [3.05, 3.63) is 23.3 Å². The van der Waals surface area contributed by atoms with Crippen LogP contribution in [0.1, 0.15) is 40.8 Å². The van der Waals surface area contributed by atoms with Crippen molar-refractivity contribution < 1.29 is 4.79 Å². The second kappa shape index (κ2) is 5.65. The Morgan fingerprint density at radius 3 is 2.81 bits per heavy atom. The number of aryl methyl sites for hydroxylation is 2. The van der Waals surface area contributed by atoms with Gasteiger partial charge in [0.05, 0.1) is 29.3 Å². The van der Waals surface area contributed by atoms with E-state index in [0.29, 0.717) is 17.4 Å². The standard InChI is InChI=1S/C13H19N7O/c1-8-12(9(2)17-16-8)15-13(21)11-7-20(19-18-11)10-3-5-14-6-4-10/h7,10,14H,3-6H2,1-2H3,(H,15,21)(H,16,17). The van der Waals surface area contributed by atoms with Crippen LogP contribution >= 0.6 is 0 Å². The van der Waals surface area contributed by atoms with Gasteiger partial charge in [-0.25, -0.2) is 4.68 Å². The first-order valence-corrected chi connectivity index (χ1v) is 7.10. The Balaban J connectivity index is 1.72. The molecule has 1 fully saturated rings. The summed E-state index contributed by atoms with van der Waals surface area (Å²) >= 11 is 0. The summed E-state index contributed by atoms with van der Waals surface area (Å²) in [5, 5.41) is 21.1. The number of hydrogen-bond donors (Lipinski definition) is 3. The van der Waals surface area contributed by atoms with Gasteiger partial charge >= 0.3 is 0 Å². The molecule has 1 amide bonds. The Morgan fingerprint density at radius 2 is 2.14 bits per heavy atom. The number of piperidine rings is 1. The van der Waals surface area contributed by atoms with Crippen molar-refractivity contribution in [3.63, 3.8) is 0 Å². The smallest absolute Gasteiger partial charge is 0.277 e. The molecular weight excluding hydrogens is 270 g/mol. The van der Waals surface area contributed by atoms with E-state index in [1.165, 1.54) is 0 Å². The molecule has 0 saturated carbocycles. The van der Waals surface area contributed by atoms with Crippen molar-refractivity contribution in [3.8, 4) is 0 Å². The highest BCUT2D eigenvalue weighted by Crippen LogP contribution is 2.19. The molecule has 3 heterocycles. The van der Waals surface area contributed by atoms with Gasteiger partial charge in [-0.2, -0.15) is 5.10 Å². The number of anilines is 1. The van der Waals surface area contributed by atoms with E-state index >= 15 is 0 Å². The fourth-order valence-corrected chi connectivity index (χ4v) is 2.54. The zero-order valence-corrected chi connectivity index (χ0v) is 12.2. The van der Waals surface area contributed by atoms with Crippen molar-refractivity contribution >= 4 is 11.6 Å². The van der Waals surface area contributed by atoms with Gasteiger partial charge in [-0.15, -0.1) is 5.10 Å². The van der Waals surface area contributed by atoms with Crippen LogP contribution < -0.4 is 10.6 Å². The first-order valence-electron chi connectivity index (χ1n) is 7.10. The summed E-state index contributed by atoms with van der Waals surface area (Å²) in [5.74, 6) is -0.261. The monoisotopic (exact) mass is 289 g/mol. The molecule has 1 aliphatic rings. The number of rotatable bonds is 3. The molecular formula is C13H19N7O. The maximum Gasteiger partial charge on any atom is 0.277 e. The summed E-state index contributed by atoms with van der Waals surface area (Å²) in [6.07, 6.45) is 3.73. The Morgan fingerprint density at radius 1 is 1.38 bits per heavy atom. The number of carbonyl (C=O) groups is 1. The summed E-state index contributed by atoms with van der Waals surface area (Å²) in [4.78, 5) is 12.2. The number of H-pyrrole nitrogens is 1. The van der Waals surface area contributed by atoms with E-state index in [9.17, 15) is 4.79 Å². The quantitative estimate of drug-likeness (QED) is 0.775. The van der Waals surface area contributed by atoms with E-state index in [-0.39, 0.29) is 5.91 Å². The van der Waals surface area contributed by atoms with Gasteiger partial charge in [-0.1, -0.05) is 5.21 Å². The van der Waals surface area contributed by atoms with E-state index in [1.54, 1.807) is 10.9 Å². The molecule has 3 rings (SSSR count). The number of carbonyl (C=O) groups excluding carboxylic acids is 1. The third-order valence-corrected chi connectivity index (χ3v) is 3.79. The normalized spacial score (nSPS) is 16.1. The maximum atomic E-state index is 12.2. The molecule has 3 N–H and O–H groups in total. The van der Waals surface area contributed by atoms with Crippen LogP contribution in [0.4, 0.5) is 5.69 Å². The lowest BCUT2D eigenvalue weighted by atomic mass is 10.1. The minimum Gasteiger partial charge on any atom is -0.317 e. The highest BCUT2D eigenvalue weighted by atomic mass is 16.2. The molecule has 2 aromatic heterocycles. The van der Waals surface area contributed by atoms with Gasteiger partial charge in [0.25, 0.3) is 5.91 Å². The van der Waals surface area contributed by atoms with Crippen LogP contribution in [0.25, 0.3) is 0 Å². The summed E-state index contributed by atoms with van der Waals surface area (Å²) in [7, 11) is 0. The largest absolute Gasteiger partial charge is 0.317 e. The molecule has 0 unspecified atom stereocenters. The van der Waals surface area contributed by atoms with E-state index in [1.807, 2.05) is 13.8 Å². The van der Waals surface area contributed by atoms with Gasteiger partial charge in [0.1, 0.15) is 0 Å². The molecule has 0 spiro atoms. The molecule has 8 heteroatoms. The van der Waals surface area contributed by atoms with Crippen LogP contribution in [-0.2, 0) is 0 Å². The first-order chi connectivity index (χ1) is 10.1. The summed E-state index contributed by atoms with van der Waals surface area (Å²) in [5.41, 5.74) is 2.61. The number of hydrogen-bond acceptors (Lipinski definition) is 5. The Hall–Kier alpha value is -2.22. The lowest BCUT2D eigenvalue weighted by Gasteiger charge is -2.22. The molecule has 0 aliphatic carbocycles. The molecule has 0 atom stereocenters. The molecule has 8 nitrogen and oxygen atoms in total. The zero-order chi connectivity index (χ0) is 14.8. The Kier molecular flexibility index (Phi) is 3.70. The molecule has 2 aromatic rings. The predicted octanol–water partition coefficient (Wildman–Crippen LogP) is 0.795. The molecule has 1 saturated heterocycles. The molecule has 0 radical (unpaired) electrons. The second-order valence-corrected chi connectivity index (χ2v) is 5.33. The van der Waals surface area contributed by atoms with Crippen LogP contribution in [0.5, 0.6) is 0 Å². The third-order valence-electron chi connectivity index (χ3n) is 3.79. The highest BCUT2D eigenvalue weighted by Gasteiger charge is 2.19. The average molecular weight is 289 g/mol. The van der Waals surface area contributed by atoms with Gasteiger partial charge in [0.2, 0.25) is 0 Å². The van der Waals surface area contributed by atoms with Gasteiger partial charge in [-0.05, 0) is 39.8 Å². The number of nitrogens with one attached hydrogen (secondary N) is 3. The predicted molar refractivity (Wildman–Crippen MR) is 77.2 cm³/mol. The topological polar surface area (TPSA) is 101 Å². The van der Waals surface area contributed by atoms with Crippen LogP contribution in [-0.4, -0.2) is 44.2 Å². The Bertz CT molecular complexity index is 619. The minimum atomic E-state index is -0.261. The van der Waals surface area contributed by atoms with Crippen LogP contribution in [0, 0.1) is 13.8 Å². The highest BCUT2D eigenvalue weighted by molar-refractivity contribution is 6.03. The van der Waals surface area contributed by atoms with E-state index in [2.05, 4.69) is 31.1 Å². The lowest BCUT2D eigenvalue weighted by molar-refractivity contribution is 0.102. The van der Waals surface area contributed by atoms with Gasteiger partial charge in [0, 0.05) is 0 Å². The van der Waals surface area contributed by atoms with Crippen molar-refractivity contribution in [2.75, 3.05) is 18.4 Å². The molecule has 112 valence electrons. The number of nitrogens with zero attached hydrogens (tertiary/aromatic N) is 4. The maximum absolute atomic E-state index is 12.2. The van der Waals surface area contributed by atoms with E-state index in [4.69, 9.17) is 0 Å². The summed E-state index contributed by atoms with van der Waals surface area (Å²) in [6.45, 7) is 5.64. The van der Waals surface area contributed by atoms with Crippen LogP contribution in [0.3, 0.4) is 0 Å². The molecule has 21 heavy (non-hydrogen) atoms. The zero-order valence-electron chi connectivity index (χ0n) is 12.2. The van der Waals surface area contributed by atoms with E-state index in [0.717, 1.165) is 37.3 Å². The minimum absolute atomic E-state index is 0.261. The first kappa shape index (κ1) is 13.7. The molecule has 0 aromatic carbocycles. The Labute approximate surface area is 122 Å². The average Bonchev–Trinajstić information content (AvgIpc) is 3.11. The number of aromatic amines is 1. The fourth-order valence-electron chi connectivity index (χ4n) is 2.54. The molecule has 1 aliphatic heterocycles. The second-order valence-electron chi connectivity index (χ2n) is 5.33. The lowest BCUT2D eigenvalue weighted by Crippen LogP contribution is -2.29. The van der Waals surface area contributed by atoms with Crippen molar-refractivity contribution in [1.29, 1.82) is 0 Å². The summed E-state index contributed by atoms with van der Waals surface area (Å²) in [6, 6.07) is 0.317. The number of aromatic nitrogens is 5. The summed E-state index contributed by atoms with van der Waals surface area (Å²) < 4.78 is 1.80. The van der Waals surface area contributed by atoms with E-state index < -0.39 is 0 Å². The van der Waals surface area contributed by atoms with Crippen LogP contribution in [0.2, 0.25) is 0 Å². The van der Waals surface area contributed by atoms with Gasteiger partial charge in [0.15, 0.2) is 5.69 Å². The van der Waals surface area contributed by atoms with Gasteiger partial charge in [-0.3, -0.25) is 9.89 Å². The van der Waals surface area contributed by atoms with Crippen LogP contribution in [0.15, 0.2) is 6.20 Å².